The molecule has 1 N–H and O–H groups in total. The van der Waals surface area contributed by atoms with Crippen LogP contribution in [0.25, 0.3) is 0 Å². The Morgan fingerprint density at radius 1 is 1.07 bits per heavy atom. The quantitative estimate of drug-likeness (QED) is 0.471. The van der Waals surface area contributed by atoms with E-state index in [0.29, 0.717) is 48.1 Å². The standard InChI is InChI=1S/C28H32BF3N6O3/c1-26(2)27(3,4)41-29(40-26)19-7-6-18(13-20(19)30)34-23-8-10-33-25(35-23)37-11-9-17-12-21(36(5)22(17)14-37)24(39)38-15-28(31,32)16-38/h6-8,10,12-13H,9,11,14-16H2,1-5H3,(H,33,34,35). The van der Waals surface area contributed by atoms with Gasteiger partial charge in [0.1, 0.15) is 17.3 Å². The molecule has 3 aliphatic heterocycles. The number of fused-ring (bicyclic) bond motifs is 1. The van der Waals surface area contributed by atoms with Crippen LogP contribution in [0.5, 0.6) is 0 Å². The predicted octanol–water partition coefficient (Wildman–Crippen LogP) is 3.65. The summed E-state index contributed by atoms with van der Waals surface area (Å²) in [6.07, 6.45) is 2.28. The molecule has 2 fully saturated rings. The van der Waals surface area contributed by atoms with Crippen molar-refractivity contribution in [2.75, 3.05) is 29.9 Å². The molecular formula is C28H32BF3N6O3. The van der Waals surface area contributed by atoms with Gasteiger partial charge in [0.2, 0.25) is 5.95 Å². The summed E-state index contributed by atoms with van der Waals surface area (Å²) >= 11 is 0. The van der Waals surface area contributed by atoms with Crippen molar-refractivity contribution in [1.29, 1.82) is 0 Å². The van der Waals surface area contributed by atoms with Crippen LogP contribution >= 0.6 is 0 Å². The van der Waals surface area contributed by atoms with E-state index in [4.69, 9.17) is 9.31 Å². The van der Waals surface area contributed by atoms with Crippen LogP contribution in [0.3, 0.4) is 0 Å². The molecule has 3 aliphatic rings. The van der Waals surface area contributed by atoms with Crippen molar-refractivity contribution >= 4 is 35.9 Å². The first-order valence-electron chi connectivity index (χ1n) is 13.6. The minimum atomic E-state index is -2.81. The fraction of sp³-hybridized carbons (Fsp3) is 0.464. The molecule has 0 atom stereocenters. The molecule has 5 heterocycles. The Bertz CT molecular complexity index is 1500. The Morgan fingerprint density at radius 3 is 2.44 bits per heavy atom. The number of halogens is 3. The maximum Gasteiger partial charge on any atom is 0.497 e. The molecule has 1 amide bonds. The van der Waals surface area contributed by atoms with Crippen LogP contribution in [0, 0.1) is 5.82 Å². The molecule has 0 unspecified atom stereocenters. The van der Waals surface area contributed by atoms with E-state index in [1.165, 1.54) is 11.0 Å². The highest BCUT2D eigenvalue weighted by molar-refractivity contribution is 6.62. The van der Waals surface area contributed by atoms with Crippen LogP contribution < -0.4 is 15.7 Å². The fourth-order valence-electron chi connectivity index (χ4n) is 5.32. The number of hydrogen-bond acceptors (Lipinski definition) is 7. The summed E-state index contributed by atoms with van der Waals surface area (Å²) in [5.41, 5.74) is 2.00. The molecule has 41 heavy (non-hydrogen) atoms. The van der Waals surface area contributed by atoms with Crippen LogP contribution in [0.15, 0.2) is 36.5 Å². The van der Waals surface area contributed by atoms with Gasteiger partial charge in [-0.25, -0.2) is 18.2 Å². The van der Waals surface area contributed by atoms with E-state index >= 15 is 4.39 Å². The summed E-state index contributed by atoms with van der Waals surface area (Å²) in [6, 6.07) is 8.26. The molecule has 0 radical (unpaired) electrons. The van der Waals surface area contributed by atoms with Crippen molar-refractivity contribution in [3.63, 3.8) is 0 Å². The molecule has 0 aliphatic carbocycles. The zero-order valence-electron chi connectivity index (χ0n) is 23.7. The third kappa shape index (κ3) is 4.95. The van der Waals surface area contributed by atoms with E-state index in [1.807, 2.05) is 32.6 Å². The lowest BCUT2D eigenvalue weighted by atomic mass is 9.78. The van der Waals surface area contributed by atoms with Crippen molar-refractivity contribution in [3.05, 3.63) is 59.3 Å². The summed E-state index contributed by atoms with van der Waals surface area (Å²) in [7, 11) is 0.970. The zero-order valence-corrected chi connectivity index (χ0v) is 23.7. The number of aromatic nitrogens is 3. The average Bonchev–Trinajstić information content (AvgIpc) is 3.33. The van der Waals surface area contributed by atoms with Gasteiger partial charge in [-0.05, 0) is 63.9 Å². The summed E-state index contributed by atoms with van der Waals surface area (Å²) in [6.45, 7) is 7.66. The lowest BCUT2D eigenvalue weighted by Crippen LogP contribution is -2.58. The monoisotopic (exact) mass is 568 g/mol. The predicted molar refractivity (Wildman–Crippen MR) is 148 cm³/mol. The van der Waals surface area contributed by atoms with Gasteiger partial charge < -0.3 is 29.0 Å². The van der Waals surface area contributed by atoms with Gasteiger partial charge in [-0.15, -0.1) is 0 Å². The van der Waals surface area contributed by atoms with E-state index in [9.17, 15) is 13.6 Å². The SMILES string of the molecule is Cn1c(C(=O)N2CC(F)(F)C2)cc2c1CN(c1nccc(Nc3ccc(B4OC(C)(C)C(C)(C)O4)c(F)c3)n1)CC2. The summed E-state index contributed by atoms with van der Waals surface area (Å²) in [5, 5.41) is 3.14. The number of hydrogen-bond donors (Lipinski definition) is 1. The third-order valence-corrected chi connectivity index (χ3v) is 8.50. The van der Waals surface area contributed by atoms with Crippen molar-refractivity contribution < 1.29 is 27.3 Å². The third-order valence-electron chi connectivity index (χ3n) is 8.50. The van der Waals surface area contributed by atoms with Gasteiger partial charge in [0.15, 0.2) is 0 Å². The summed E-state index contributed by atoms with van der Waals surface area (Å²) < 4.78 is 55.5. The van der Waals surface area contributed by atoms with Crippen LogP contribution in [0.1, 0.15) is 49.4 Å². The molecule has 13 heteroatoms. The number of benzene rings is 1. The minimum absolute atomic E-state index is 0.324. The van der Waals surface area contributed by atoms with E-state index in [2.05, 4.69) is 15.3 Å². The van der Waals surface area contributed by atoms with Gasteiger partial charge in [0.25, 0.3) is 11.8 Å². The number of nitrogens with zero attached hydrogens (tertiary/aromatic N) is 5. The topological polar surface area (TPSA) is 84.8 Å². The second-order valence-electron chi connectivity index (χ2n) is 11.9. The molecule has 216 valence electrons. The van der Waals surface area contributed by atoms with Gasteiger partial charge in [0, 0.05) is 36.6 Å². The van der Waals surface area contributed by atoms with E-state index in [1.54, 1.807) is 42.1 Å². The molecule has 9 nitrogen and oxygen atoms in total. The van der Waals surface area contributed by atoms with Crippen molar-refractivity contribution in [2.24, 2.45) is 7.05 Å². The number of anilines is 3. The Labute approximate surface area is 236 Å². The molecule has 1 aromatic carbocycles. The first-order chi connectivity index (χ1) is 19.2. The average molecular weight is 568 g/mol. The Morgan fingerprint density at radius 2 is 1.78 bits per heavy atom. The highest BCUT2D eigenvalue weighted by atomic mass is 19.3. The smallest absolute Gasteiger partial charge is 0.399 e. The maximum absolute atomic E-state index is 15.1. The lowest BCUT2D eigenvalue weighted by Gasteiger charge is -2.38. The minimum Gasteiger partial charge on any atom is -0.399 e. The number of amides is 1. The fourth-order valence-corrected chi connectivity index (χ4v) is 5.32. The number of carbonyl (C=O) groups excluding carboxylic acids is 1. The van der Waals surface area contributed by atoms with Crippen molar-refractivity contribution in [1.82, 2.24) is 19.4 Å². The van der Waals surface area contributed by atoms with Gasteiger partial charge in [0.05, 0.1) is 30.8 Å². The molecule has 6 rings (SSSR count). The molecule has 2 saturated heterocycles. The van der Waals surface area contributed by atoms with E-state index in [0.717, 1.165) is 11.3 Å². The molecule has 3 aromatic rings. The second kappa shape index (κ2) is 9.48. The van der Waals surface area contributed by atoms with Crippen molar-refractivity contribution in [3.8, 4) is 0 Å². The molecule has 2 aromatic heterocycles. The molecule has 0 bridgehead atoms. The lowest BCUT2D eigenvalue weighted by molar-refractivity contribution is -0.113. The van der Waals surface area contributed by atoms with E-state index in [-0.39, 0.29) is 0 Å². The normalized spacial score (nSPS) is 20.5. The summed E-state index contributed by atoms with van der Waals surface area (Å²) in [4.78, 5) is 25.0. The van der Waals surface area contributed by atoms with Gasteiger partial charge in [-0.2, -0.15) is 4.98 Å². The Kier molecular flexibility index (Phi) is 6.38. The Balaban J connectivity index is 1.15. The number of alkyl halides is 2. The van der Waals surface area contributed by atoms with Crippen molar-refractivity contribution in [2.45, 2.75) is 57.8 Å². The molecule has 0 spiro atoms. The van der Waals surface area contributed by atoms with Gasteiger partial charge >= 0.3 is 7.12 Å². The van der Waals surface area contributed by atoms with E-state index < -0.39 is 49.1 Å². The molecular weight excluding hydrogens is 536 g/mol. The Hall–Kier alpha value is -3.58. The summed E-state index contributed by atoms with van der Waals surface area (Å²) in [5.74, 6) is -2.69. The second-order valence-corrected chi connectivity index (χ2v) is 11.9. The number of nitrogens with one attached hydrogen (secondary N) is 1. The zero-order chi connectivity index (χ0) is 29.3. The highest BCUT2D eigenvalue weighted by Gasteiger charge is 2.52. The number of likely N-dealkylation sites (tertiary alicyclic amines) is 1. The van der Waals surface area contributed by atoms with Gasteiger partial charge in [-0.1, -0.05) is 6.07 Å². The van der Waals surface area contributed by atoms with Crippen LogP contribution in [0.4, 0.5) is 30.6 Å². The van der Waals surface area contributed by atoms with Crippen LogP contribution in [-0.2, 0) is 29.3 Å². The van der Waals surface area contributed by atoms with Gasteiger partial charge in [-0.3, -0.25) is 4.79 Å². The first kappa shape index (κ1) is 27.6. The number of rotatable bonds is 5. The number of carbonyl (C=O) groups is 1. The van der Waals surface area contributed by atoms with Crippen LogP contribution in [0.2, 0.25) is 0 Å². The largest absolute Gasteiger partial charge is 0.497 e. The first-order valence-corrected chi connectivity index (χ1v) is 13.6. The molecule has 0 saturated carbocycles. The van der Waals surface area contributed by atoms with Crippen LogP contribution in [-0.4, -0.2) is 69.2 Å². The maximum atomic E-state index is 15.1. The highest BCUT2D eigenvalue weighted by Crippen LogP contribution is 2.37.